The van der Waals surface area contributed by atoms with Crippen molar-refractivity contribution in [1.29, 1.82) is 0 Å². The molecule has 7 heteroatoms. The van der Waals surface area contributed by atoms with Crippen LogP contribution in [0.25, 0.3) is 5.69 Å². The third kappa shape index (κ3) is 4.32. The van der Waals surface area contributed by atoms with Gasteiger partial charge in [0.15, 0.2) is 0 Å². The van der Waals surface area contributed by atoms with Crippen molar-refractivity contribution in [1.82, 2.24) is 20.2 Å². The first-order chi connectivity index (χ1) is 11.0. The summed E-state index contributed by atoms with van der Waals surface area (Å²) in [4.78, 5) is 27.1. The fraction of sp³-hybridized carbons (Fsp3) is 0.312. The second kappa shape index (κ2) is 7.44. The van der Waals surface area contributed by atoms with Gasteiger partial charge in [0.2, 0.25) is 5.91 Å². The predicted octanol–water partition coefficient (Wildman–Crippen LogP) is 1.75. The minimum absolute atomic E-state index is 0.149. The number of benzene rings is 1. The maximum atomic E-state index is 11.8. The predicted molar refractivity (Wildman–Crippen MR) is 88.7 cm³/mol. The van der Waals surface area contributed by atoms with Crippen LogP contribution in [0.4, 0.5) is 10.5 Å². The summed E-state index contributed by atoms with van der Waals surface area (Å²) < 4.78 is 1.99. The van der Waals surface area contributed by atoms with Gasteiger partial charge < -0.3 is 20.5 Å². The third-order valence-corrected chi connectivity index (χ3v) is 3.55. The van der Waals surface area contributed by atoms with Gasteiger partial charge in [-0.05, 0) is 38.1 Å². The number of hydrogen-bond donors (Lipinski definition) is 3. The topological polar surface area (TPSA) is 88.0 Å². The van der Waals surface area contributed by atoms with Crippen LogP contribution < -0.4 is 16.0 Å². The fourth-order valence-corrected chi connectivity index (χ4v) is 2.07. The molecule has 7 nitrogen and oxygen atoms in total. The number of nitrogens with zero attached hydrogens (tertiary/aromatic N) is 2. The summed E-state index contributed by atoms with van der Waals surface area (Å²) in [5, 5.41) is 7.79. The SMILES string of the molecule is CNC(=O)NCCC(=O)Nc1ccc(-n2cnc(C)c2C)cc1. The van der Waals surface area contributed by atoms with E-state index in [9.17, 15) is 9.59 Å². The van der Waals surface area contributed by atoms with Crippen molar-refractivity contribution in [3.8, 4) is 5.69 Å². The Labute approximate surface area is 135 Å². The Hall–Kier alpha value is -2.83. The van der Waals surface area contributed by atoms with Crippen molar-refractivity contribution < 1.29 is 9.59 Å². The van der Waals surface area contributed by atoms with Crippen molar-refractivity contribution in [2.24, 2.45) is 0 Å². The highest BCUT2D eigenvalue weighted by atomic mass is 16.2. The van der Waals surface area contributed by atoms with Gasteiger partial charge in [0, 0.05) is 37.1 Å². The molecule has 0 saturated carbocycles. The van der Waals surface area contributed by atoms with Crippen LogP contribution in [-0.2, 0) is 4.79 Å². The van der Waals surface area contributed by atoms with Crippen LogP contribution in [0.5, 0.6) is 0 Å². The molecule has 2 aromatic rings. The molecule has 3 amide bonds. The molecule has 0 spiro atoms. The Morgan fingerprint density at radius 3 is 2.43 bits per heavy atom. The van der Waals surface area contributed by atoms with Gasteiger partial charge in [0.1, 0.15) is 0 Å². The van der Waals surface area contributed by atoms with E-state index in [1.165, 1.54) is 7.05 Å². The Balaban J connectivity index is 1.91. The van der Waals surface area contributed by atoms with E-state index in [2.05, 4.69) is 20.9 Å². The zero-order valence-corrected chi connectivity index (χ0v) is 13.5. The molecule has 0 fully saturated rings. The van der Waals surface area contributed by atoms with Gasteiger partial charge in [0.25, 0.3) is 0 Å². The van der Waals surface area contributed by atoms with E-state index in [1.54, 1.807) is 6.33 Å². The normalized spacial score (nSPS) is 10.2. The number of hydrogen-bond acceptors (Lipinski definition) is 3. The molecule has 3 N–H and O–H groups in total. The summed E-state index contributed by atoms with van der Waals surface area (Å²) in [6, 6.07) is 7.23. The standard InChI is InChI=1S/C16H21N5O2/c1-11-12(2)21(10-19-11)14-6-4-13(5-7-14)20-15(22)8-9-18-16(23)17-3/h4-7,10H,8-9H2,1-3H3,(H,20,22)(H2,17,18,23). The quantitative estimate of drug-likeness (QED) is 0.785. The zero-order valence-electron chi connectivity index (χ0n) is 13.5. The average Bonchev–Trinajstić information content (AvgIpc) is 2.87. The summed E-state index contributed by atoms with van der Waals surface area (Å²) in [5.74, 6) is -0.149. The van der Waals surface area contributed by atoms with Crippen molar-refractivity contribution in [2.45, 2.75) is 20.3 Å². The molecule has 0 atom stereocenters. The minimum atomic E-state index is -0.298. The maximum Gasteiger partial charge on any atom is 0.314 e. The largest absolute Gasteiger partial charge is 0.341 e. The van der Waals surface area contributed by atoms with E-state index >= 15 is 0 Å². The number of aromatic nitrogens is 2. The molecule has 0 bridgehead atoms. The number of amides is 3. The van der Waals surface area contributed by atoms with Gasteiger partial charge in [-0.15, -0.1) is 0 Å². The molecule has 0 aliphatic carbocycles. The van der Waals surface area contributed by atoms with E-state index in [-0.39, 0.29) is 24.9 Å². The Morgan fingerprint density at radius 1 is 1.17 bits per heavy atom. The minimum Gasteiger partial charge on any atom is -0.341 e. The third-order valence-electron chi connectivity index (χ3n) is 3.55. The van der Waals surface area contributed by atoms with Gasteiger partial charge in [0.05, 0.1) is 12.0 Å². The summed E-state index contributed by atoms with van der Waals surface area (Å²) >= 11 is 0. The molecule has 0 radical (unpaired) electrons. The van der Waals surface area contributed by atoms with Crippen LogP contribution >= 0.6 is 0 Å². The van der Waals surface area contributed by atoms with Crippen LogP contribution in [0.15, 0.2) is 30.6 Å². The summed E-state index contributed by atoms with van der Waals surface area (Å²) in [7, 11) is 1.53. The lowest BCUT2D eigenvalue weighted by Crippen LogP contribution is -2.34. The maximum absolute atomic E-state index is 11.8. The van der Waals surface area contributed by atoms with E-state index in [1.807, 2.05) is 42.7 Å². The first-order valence-corrected chi connectivity index (χ1v) is 7.37. The summed E-state index contributed by atoms with van der Waals surface area (Å²) in [6.45, 7) is 4.27. The van der Waals surface area contributed by atoms with E-state index in [0.717, 1.165) is 17.1 Å². The summed E-state index contributed by atoms with van der Waals surface area (Å²) in [5.41, 5.74) is 3.78. The summed E-state index contributed by atoms with van der Waals surface area (Å²) in [6.07, 6.45) is 2.00. The first kappa shape index (κ1) is 16.5. The molecule has 1 aromatic carbocycles. The number of carbonyl (C=O) groups excluding carboxylic acids is 2. The number of anilines is 1. The molecular weight excluding hydrogens is 294 g/mol. The van der Waals surface area contributed by atoms with Gasteiger partial charge in [-0.25, -0.2) is 9.78 Å². The second-order valence-electron chi connectivity index (χ2n) is 5.14. The van der Waals surface area contributed by atoms with Crippen LogP contribution in [0.3, 0.4) is 0 Å². The highest BCUT2D eigenvalue weighted by Crippen LogP contribution is 2.16. The smallest absolute Gasteiger partial charge is 0.314 e. The van der Waals surface area contributed by atoms with E-state index in [0.29, 0.717) is 5.69 Å². The fourth-order valence-electron chi connectivity index (χ4n) is 2.07. The van der Waals surface area contributed by atoms with Crippen molar-refractivity contribution in [3.63, 3.8) is 0 Å². The first-order valence-electron chi connectivity index (χ1n) is 7.37. The number of urea groups is 1. The monoisotopic (exact) mass is 315 g/mol. The molecule has 0 saturated heterocycles. The van der Waals surface area contributed by atoms with Gasteiger partial charge in [-0.2, -0.15) is 0 Å². The molecule has 1 heterocycles. The van der Waals surface area contributed by atoms with Crippen LogP contribution in [-0.4, -0.2) is 35.1 Å². The molecule has 0 aliphatic rings. The van der Waals surface area contributed by atoms with Crippen LogP contribution in [0, 0.1) is 13.8 Å². The molecule has 23 heavy (non-hydrogen) atoms. The van der Waals surface area contributed by atoms with Gasteiger partial charge in [-0.3, -0.25) is 4.79 Å². The zero-order chi connectivity index (χ0) is 16.8. The Morgan fingerprint density at radius 2 is 1.87 bits per heavy atom. The molecule has 2 rings (SSSR count). The number of imidazole rings is 1. The van der Waals surface area contributed by atoms with Crippen LogP contribution in [0.1, 0.15) is 17.8 Å². The molecule has 122 valence electrons. The van der Waals surface area contributed by atoms with Crippen LogP contribution in [0.2, 0.25) is 0 Å². The number of rotatable bonds is 5. The Bertz CT molecular complexity index is 691. The lowest BCUT2D eigenvalue weighted by molar-refractivity contribution is -0.116. The highest BCUT2D eigenvalue weighted by Gasteiger charge is 2.06. The molecular formula is C16H21N5O2. The molecule has 0 aliphatic heterocycles. The molecule has 1 aromatic heterocycles. The van der Waals surface area contributed by atoms with E-state index < -0.39 is 0 Å². The van der Waals surface area contributed by atoms with Gasteiger partial charge in [-0.1, -0.05) is 0 Å². The Kier molecular flexibility index (Phi) is 5.35. The van der Waals surface area contributed by atoms with E-state index in [4.69, 9.17) is 0 Å². The van der Waals surface area contributed by atoms with Gasteiger partial charge >= 0.3 is 6.03 Å². The molecule has 0 unspecified atom stereocenters. The lowest BCUT2D eigenvalue weighted by atomic mass is 10.2. The average molecular weight is 315 g/mol. The number of carbonyl (C=O) groups is 2. The second-order valence-corrected chi connectivity index (χ2v) is 5.14. The lowest BCUT2D eigenvalue weighted by Gasteiger charge is -2.09. The van der Waals surface area contributed by atoms with Crippen molar-refractivity contribution in [3.05, 3.63) is 42.0 Å². The number of aryl methyl sites for hydroxylation is 1. The van der Waals surface area contributed by atoms with Crippen molar-refractivity contribution >= 4 is 17.6 Å². The van der Waals surface area contributed by atoms with Crippen molar-refractivity contribution in [2.75, 3.05) is 18.9 Å². The number of nitrogens with one attached hydrogen (secondary N) is 3. The highest BCUT2D eigenvalue weighted by molar-refractivity contribution is 5.91.